The van der Waals surface area contributed by atoms with Gasteiger partial charge in [-0.2, -0.15) is 15.3 Å². The number of aliphatic hydroxyl groups excluding tert-OH is 1. The summed E-state index contributed by atoms with van der Waals surface area (Å²) in [6.45, 7) is 10.4. The number of hydrogen-bond donors (Lipinski definition) is 1. The van der Waals surface area contributed by atoms with Crippen LogP contribution in [0.2, 0.25) is 0 Å². The van der Waals surface area contributed by atoms with Gasteiger partial charge in [0.1, 0.15) is 5.67 Å². The van der Waals surface area contributed by atoms with E-state index in [0.717, 1.165) is 50.2 Å². The van der Waals surface area contributed by atoms with E-state index >= 15 is 0 Å². The Labute approximate surface area is 266 Å². The van der Waals surface area contributed by atoms with Crippen molar-refractivity contribution in [2.24, 2.45) is 7.05 Å². The Morgan fingerprint density at radius 2 is 1.78 bits per heavy atom. The van der Waals surface area contributed by atoms with Crippen molar-refractivity contribution >= 4 is 27.8 Å². The van der Waals surface area contributed by atoms with E-state index in [1.165, 1.54) is 11.8 Å². The lowest BCUT2D eigenvalue weighted by atomic mass is 9.95. The number of hydrogen-bond acceptors (Lipinski definition) is 6. The maximum Gasteiger partial charge on any atom is 0.254 e. The molecule has 1 amide bonds. The van der Waals surface area contributed by atoms with Crippen LogP contribution in [0.4, 0.5) is 4.39 Å². The van der Waals surface area contributed by atoms with Gasteiger partial charge in [-0.3, -0.25) is 14.2 Å². The number of alkyl halides is 1. The van der Waals surface area contributed by atoms with E-state index in [-0.39, 0.29) is 31.5 Å². The van der Waals surface area contributed by atoms with Gasteiger partial charge in [0.25, 0.3) is 5.91 Å². The lowest BCUT2D eigenvalue weighted by Gasteiger charge is -2.42. The zero-order valence-electron chi connectivity index (χ0n) is 26.9. The van der Waals surface area contributed by atoms with Gasteiger partial charge in [0, 0.05) is 52.6 Å². The van der Waals surface area contributed by atoms with Crippen molar-refractivity contribution in [3.8, 4) is 16.9 Å². The van der Waals surface area contributed by atoms with Gasteiger partial charge in [0.15, 0.2) is 5.65 Å². The lowest BCUT2D eigenvalue weighted by molar-refractivity contribution is -0.00786. The molecule has 0 radical (unpaired) electrons. The second-order valence-electron chi connectivity index (χ2n) is 13.0. The molecule has 1 N–H and O–H groups in total. The Hall–Kier alpha value is -4.90. The minimum absolute atomic E-state index is 0.0987. The number of carbonyl (C=O) groups is 1. The second-order valence-corrected chi connectivity index (χ2v) is 13.0. The van der Waals surface area contributed by atoms with Gasteiger partial charge < -0.3 is 10.0 Å². The highest BCUT2D eigenvalue weighted by molar-refractivity contribution is 5.95. The molecule has 10 nitrogen and oxygen atoms in total. The third-order valence-corrected chi connectivity index (χ3v) is 8.82. The maximum atomic E-state index is 13.9. The number of carbonyl (C=O) groups excluding carboxylic acids is 1. The van der Waals surface area contributed by atoms with E-state index in [2.05, 4.69) is 38.0 Å². The molecule has 4 aromatic heterocycles. The number of likely N-dealkylation sites (tertiary alicyclic amines) is 1. The number of aromatic nitrogens is 7. The van der Waals surface area contributed by atoms with Crippen LogP contribution >= 0.6 is 0 Å². The number of nitrogens with zero attached hydrogens (tertiary/aromatic N) is 8. The number of aliphatic hydroxyl groups is 1. The van der Waals surface area contributed by atoms with E-state index in [1.54, 1.807) is 33.6 Å². The molecule has 5 heterocycles. The molecule has 1 saturated heterocycles. The minimum Gasteiger partial charge on any atom is -0.386 e. The van der Waals surface area contributed by atoms with Crippen molar-refractivity contribution in [3.63, 3.8) is 0 Å². The summed E-state index contributed by atoms with van der Waals surface area (Å²) in [5.74, 6) is 0.00760. The molecule has 1 aliphatic rings. The monoisotopic (exact) mass is 620 g/mol. The fourth-order valence-corrected chi connectivity index (χ4v) is 6.60. The van der Waals surface area contributed by atoms with Crippen LogP contribution in [-0.4, -0.2) is 69.0 Å². The molecular formula is C35H37FN8O2. The van der Waals surface area contributed by atoms with Gasteiger partial charge in [-0.15, -0.1) is 0 Å². The normalized spacial score (nSPS) is 15.2. The van der Waals surface area contributed by atoms with Crippen molar-refractivity contribution in [1.29, 1.82) is 0 Å². The fraction of sp³-hybridized carbons (Fsp3) is 0.343. The van der Waals surface area contributed by atoms with E-state index < -0.39 is 11.8 Å². The quantitative estimate of drug-likeness (QED) is 0.241. The van der Waals surface area contributed by atoms with Crippen LogP contribution in [0.1, 0.15) is 65.7 Å². The maximum absolute atomic E-state index is 13.9. The van der Waals surface area contributed by atoms with Gasteiger partial charge in [0.2, 0.25) is 0 Å². The van der Waals surface area contributed by atoms with Gasteiger partial charge in [0.05, 0.1) is 48.3 Å². The summed E-state index contributed by atoms with van der Waals surface area (Å²) in [6.07, 6.45) is 3.07. The van der Waals surface area contributed by atoms with E-state index in [1.807, 2.05) is 43.2 Å². The fourth-order valence-electron chi connectivity index (χ4n) is 6.60. The third-order valence-electron chi connectivity index (χ3n) is 8.82. The highest BCUT2D eigenvalue weighted by Gasteiger charge is 2.41. The van der Waals surface area contributed by atoms with Gasteiger partial charge >= 0.3 is 0 Å². The van der Waals surface area contributed by atoms with Crippen molar-refractivity contribution in [2.45, 2.75) is 58.9 Å². The molecule has 0 aliphatic carbocycles. The Kier molecular flexibility index (Phi) is 7.04. The van der Waals surface area contributed by atoms with Crippen molar-refractivity contribution in [3.05, 3.63) is 89.0 Å². The zero-order valence-corrected chi connectivity index (χ0v) is 26.9. The Balaban J connectivity index is 1.19. The molecule has 236 valence electrons. The molecule has 11 heteroatoms. The summed E-state index contributed by atoms with van der Waals surface area (Å²) in [7, 11) is 1.89. The van der Waals surface area contributed by atoms with Crippen LogP contribution in [0.15, 0.2) is 60.9 Å². The Morgan fingerprint density at radius 3 is 2.48 bits per heavy atom. The van der Waals surface area contributed by atoms with Crippen molar-refractivity contribution in [1.82, 2.24) is 39.2 Å². The first-order chi connectivity index (χ1) is 21.9. The molecule has 0 saturated carbocycles. The first-order valence-electron chi connectivity index (χ1n) is 15.5. The molecule has 1 fully saturated rings. The first-order valence-corrected chi connectivity index (χ1v) is 15.5. The van der Waals surface area contributed by atoms with E-state index in [0.29, 0.717) is 16.8 Å². The SMILES string of the molecule is Cc1nc2nn(C)cc2cc1-n1nc(-c2cccc3nn(C[C@H](O)c4ccc(C(=O)N5CC(C)(F)C5)cc4)cc23)c(C(C)C)c1C. The molecule has 0 unspecified atom stereocenters. The molecule has 2 aromatic carbocycles. The average Bonchev–Trinajstić information content (AvgIpc) is 3.68. The zero-order chi connectivity index (χ0) is 32.5. The largest absolute Gasteiger partial charge is 0.386 e. The van der Waals surface area contributed by atoms with Crippen LogP contribution in [0.5, 0.6) is 0 Å². The summed E-state index contributed by atoms with van der Waals surface area (Å²) in [5.41, 5.74) is 7.15. The summed E-state index contributed by atoms with van der Waals surface area (Å²) in [5, 5.41) is 27.4. The second kappa shape index (κ2) is 10.9. The van der Waals surface area contributed by atoms with Crippen LogP contribution in [-0.2, 0) is 13.6 Å². The molecule has 46 heavy (non-hydrogen) atoms. The van der Waals surface area contributed by atoms with Gasteiger partial charge in [-0.05, 0) is 56.5 Å². The number of fused-ring (bicyclic) bond motifs is 2. The number of amides is 1. The summed E-state index contributed by atoms with van der Waals surface area (Å²) >= 11 is 0. The molecule has 0 bridgehead atoms. The van der Waals surface area contributed by atoms with Crippen LogP contribution < -0.4 is 0 Å². The van der Waals surface area contributed by atoms with E-state index in [4.69, 9.17) is 15.2 Å². The highest BCUT2D eigenvalue weighted by Crippen LogP contribution is 2.37. The predicted molar refractivity (Wildman–Crippen MR) is 175 cm³/mol. The van der Waals surface area contributed by atoms with Gasteiger partial charge in [-0.25, -0.2) is 14.1 Å². The third kappa shape index (κ3) is 5.14. The van der Waals surface area contributed by atoms with Crippen LogP contribution in [0.25, 0.3) is 38.9 Å². The number of benzene rings is 2. The summed E-state index contributed by atoms with van der Waals surface area (Å²) in [6, 6.07) is 14.9. The summed E-state index contributed by atoms with van der Waals surface area (Å²) < 4.78 is 19.4. The van der Waals surface area contributed by atoms with Gasteiger partial charge in [-0.1, -0.05) is 38.1 Å². The number of halogens is 1. The molecule has 1 atom stereocenters. The average molecular weight is 621 g/mol. The van der Waals surface area contributed by atoms with Crippen LogP contribution in [0.3, 0.4) is 0 Å². The Morgan fingerprint density at radius 1 is 1.04 bits per heavy atom. The van der Waals surface area contributed by atoms with Crippen molar-refractivity contribution < 1.29 is 14.3 Å². The summed E-state index contributed by atoms with van der Waals surface area (Å²) in [4.78, 5) is 18.9. The number of pyridine rings is 1. The Bertz CT molecular complexity index is 2110. The highest BCUT2D eigenvalue weighted by atomic mass is 19.1. The van der Waals surface area contributed by atoms with Crippen LogP contribution in [0, 0.1) is 13.8 Å². The molecule has 1 aliphatic heterocycles. The first kappa shape index (κ1) is 29.8. The number of aryl methyl sites for hydroxylation is 2. The standard InChI is InChI=1S/C35H37FN8O2/c1-20(2)31-22(4)44(29-14-25-15-41(6)40-33(25)37-21(29)3)39-32(31)26-8-7-9-28-27(26)16-43(38-28)17-30(45)23-10-12-24(13-11-23)34(46)42-18-35(5,36)19-42/h7-16,20,30,45H,17-19H2,1-6H3/t30-/m0/s1. The number of rotatable bonds is 7. The minimum atomic E-state index is -1.32. The topological polar surface area (TPSA) is 107 Å². The molecular weight excluding hydrogens is 583 g/mol. The predicted octanol–water partition coefficient (Wildman–Crippen LogP) is 5.83. The smallest absolute Gasteiger partial charge is 0.254 e. The molecule has 0 spiro atoms. The van der Waals surface area contributed by atoms with Crippen molar-refractivity contribution in [2.75, 3.05) is 13.1 Å². The van der Waals surface area contributed by atoms with E-state index in [9.17, 15) is 14.3 Å². The lowest BCUT2D eigenvalue weighted by Crippen LogP contribution is -2.59. The molecule has 6 aromatic rings. The molecule has 7 rings (SSSR count).